The first-order chi connectivity index (χ1) is 14.0. The smallest absolute Gasteiger partial charge is 0.246 e. The van der Waals surface area contributed by atoms with E-state index in [1.807, 2.05) is 30.3 Å². The number of nitrogens with zero attached hydrogens (tertiary/aromatic N) is 1. The SMILES string of the molecule is CCN(CC)S(=O)(=O)c1ccc(CNC(=O)COCCOc2ccccc2)cc1. The largest absolute Gasteiger partial charge is 0.491 e. The van der Waals surface area contributed by atoms with Crippen molar-refractivity contribution in [2.45, 2.75) is 25.3 Å². The van der Waals surface area contributed by atoms with Gasteiger partial charge in [0.25, 0.3) is 0 Å². The molecule has 0 aromatic heterocycles. The fourth-order valence-electron chi connectivity index (χ4n) is 2.64. The Morgan fingerprint density at radius 1 is 0.966 bits per heavy atom. The van der Waals surface area contributed by atoms with Crippen molar-refractivity contribution >= 4 is 15.9 Å². The highest BCUT2D eigenvalue weighted by atomic mass is 32.2. The maximum atomic E-state index is 12.5. The van der Waals surface area contributed by atoms with Gasteiger partial charge in [-0.2, -0.15) is 4.31 Å². The summed E-state index contributed by atoms with van der Waals surface area (Å²) in [5, 5.41) is 2.75. The number of ether oxygens (including phenoxy) is 2. The number of amides is 1. The van der Waals surface area contributed by atoms with E-state index < -0.39 is 10.0 Å². The number of carbonyl (C=O) groups is 1. The summed E-state index contributed by atoms with van der Waals surface area (Å²) in [4.78, 5) is 12.1. The molecule has 0 heterocycles. The van der Waals surface area contributed by atoms with Gasteiger partial charge >= 0.3 is 0 Å². The summed E-state index contributed by atoms with van der Waals surface area (Å²) >= 11 is 0. The molecule has 8 heteroatoms. The molecule has 1 amide bonds. The molecule has 158 valence electrons. The molecule has 0 aliphatic heterocycles. The van der Waals surface area contributed by atoms with Crippen LogP contribution in [0.25, 0.3) is 0 Å². The van der Waals surface area contributed by atoms with E-state index in [9.17, 15) is 13.2 Å². The zero-order chi connectivity index (χ0) is 21.1. The van der Waals surface area contributed by atoms with Crippen LogP contribution in [0.5, 0.6) is 5.75 Å². The highest BCUT2D eigenvalue weighted by Crippen LogP contribution is 2.16. The van der Waals surface area contributed by atoms with E-state index in [1.54, 1.807) is 38.1 Å². The van der Waals surface area contributed by atoms with Crippen molar-refractivity contribution in [3.05, 3.63) is 60.2 Å². The van der Waals surface area contributed by atoms with E-state index in [-0.39, 0.29) is 17.4 Å². The van der Waals surface area contributed by atoms with Crippen molar-refractivity contribution in [1.82, 2.24) is 9.62 Å². The van der Waals surface area contributed by atoms with Crippen LogP contribution < -0.4 is 10.1 Å². The van der Waals surface area contributed by atoms with Crippen LogP contribution in [0.1, 0.15) is 19.4 Å². The van der Waals surface area contributed by atoms with Gasteiger partial charge in [0.05, 0.1) is 11.5 Å². The zero-order valence-corrected chi connectivity index (χ0v) is 17.7. The number of hydrogen-bond donors (Lipinski definition) is 1. The first-order valence-corrected chi connectivity index (χ1v) is 11.0. The molecular formula is C21H28N2O5S. The Kier molecular flexibility index (Phi) is 9.11. The Morgan fingerprint density at radius 2 is 1.62 bits per heavy atom. The Bertz CT molecular complexity index is 850. The number of nitrogens with one attached hydrogen (secondary N) is 1. The minimum Gasteiger partial charge on any atom is -0.491 e. The summed E-state index contributed by atoms with van der Waals surface area (Å²) in [6.07, 6.45) is 0. The first-order valence-electron chi connectivity index (χ1n) is 9.58. The predicted molar refractivity (Wildman–Crippen MR) is 111 cm³/mol. The molecule has 0 aliphatic carbocycles. The predicted octanol–water partition coefficient (Wildman–Crippen LogP) is 2.43. The Hall–Kier alpha value is -2.42. The molecule has 2 aromatic rings. The fourth-order valence-corrected chi connectivity index (χ4v) is 4.10. The second-order valence-corrected chi connectivity index (χ2v) is 8.16. The van der Waals surface area contributed by atoms with Gasteiger partial charge in [0.1, 0.15) is 19.0 Å². The van der Waals surface area contributed by atoms with E-state index in [0.717, 1.165) is 11.3 Å². The van der Waals surface area contributed by atoms with Crippen LogP contribution in [0.4, 0.5) is 0 Å². The lowest BCUT2D eigenvalue weighted by atomic mass is 10.2. The number of sulfonamides is 1. The molecule has 0 saturated heterocycles. The van der Waals surface area contributed by atoms with Crippen molar-refractivity contribution in [3.8, 4) is 5.75 Å². The third-order valence-corrected chi connectivity index (χ3v) is 6.29. The van der Waals surface area contributed by atoms with Gasteiger partial charge < -0.3 is 14.8 Å². The molecule has 7 nitrogen and oxygen atoms in total. The van der Waals surface area contributed by atoms with Crippen molar-refractivity contribution in [2.75, 3.05) is 32.9 Å². The summed E-state index contributed by atoms with van der Waals surface area (Å²) in [5.74, 6) is 0.511. The molecular weight excluding hydrogens is 392 g/mol. The summed E-state index contributed by atoms with van der Waals surface area (Å²) in [5.41, 5.74) is 0.809. The maximum absolute atomic E-state index is 12.5. The molecule has 2 rings (SSSR count). The van der Waals surface area contributed by atoms with Crippen LogP contribution in [-0.2, 0) is 26.1 Å². The van der Waals surface area contributed by atoms with E-state index >= 15 is 0 Å². The minimum absolute atomic E-state index is 0.0629. The van der Waals surface area contributed by atoms with Crippen LogP contribution in [-0.4, -0.2) is 51.5 Å². The summed E-state index contributed by atoms with van der Waals surface area (Å²) < 4.78 is 37.1. The average molecular weight is 421 g/mol. The molecule has 0 aliphatic rings. The lowest BCUT2D eigenvalue weighted by Gasteiger charge is -2.18. The summed E-state index contributed by atoms with van der Waals surface area (Å²) in [7, 11) is -3.47. The molecule has 0 saturated carbocycles. The number of benzene rings is 2. The Balaban J connectivity index is 1.70. The Morgan fingerprint density at radius 3 is 2.24 bits per heavy atom. The van der Waals surface area contributed by atoms with Crippen molar-refractivity contribution < 1.29 is 22.7 Å². The van der Waals surface area contributed by atoms with Gasteiger partial charge in [-0.05, 0) is 29.8 Å². The maximum Gasteiger partial charge on any atom is 0.246 e. The monoisotopic (exact) mass is 420 g/mol. The molecule has 2 aromatic carbocycles. The van der Waals surface area contributed by atoms with Gasteiger partial charge in [0, 0.05) is 19.6 Å². The van der Waals surface area contributed by atoms with E-state index in [2.05, 4.69) is 5.32 Å². The second kappa shape index (κ2) is 11.5. The van der Waals surface area contributed by atoms with Crippen molar-refractivity contribution in [2.24, 2.45) is 0 Å². The van der Waals surface area contributed by atoms with Gasteiger partial charge in [0.2, 0.25) is 15.9 Å². The van der Waals surface area contributed by atoms with E-state index in [1.165, 1.54) is 4.31 Å². The first kappa shape index (κ1) is 22.9. The molecule has 0 unspecified atom stereocenters. The third-order valence-electron chi connectivity index (χ3n) is 4.23. The Labute approximate surface area is 172 Å². The van der Waals surface area contributed by atoms with Gasteiger partial charge in [-0.25, -0.2) is 8.42 Å². The van der Waals surface area contributed by atoms with Crippen LogP contribution in [0.2, 0.25) is 0 Å². The standard InChI is InChI=1S/C21H28N2O5S/c1-3-23(4-2)29(25,26)20-12-10-18(11-13-20)16-22-21(24)17-27-14-15-28-19-8-6-5-7-9-19/h5-13H,3-4,14-17H2,1-2H3,(H,22,24). The molecule has 0 spiro atoms. The highest BCUT2D eigenvalue weighted by molar-refractivity contribution is 7.89. The van der Waals surface area contributed by atoms with E-state index in [0.29, 0.717) is 32.8 Å². The summed E-state index contributed by atoms with van der Waals surface area (Å²) in [6.45, 7) is 5.36. The quantitative estimate of drug-likeness (QED) is 0.533. The van der Waals surface area contributed by atoms with Gasteiger partial charge in [0.15, 0.2) is 0 Å². The normalized spacial score (nSPS) is 11.4. The topological polar surface area (TPSA) is 84.9 Å². The lowest BCUT2D eigenvalue weighted by molar-refractivity contribution is -0.126. The van der Waals surface area contributed by atoms with Gasteiger partial charge in [-0.3, -0.25) is 4.79 Å². The third kappa shape index (κ3) is 7.16. The number of rotatable bonds is 12. The second-order valence-electron chi connectivity index (χ2n) is 6.22. The number of para-hydroxylation sites is 1. The van der Waals surface area contributed by atoms with Crippen LogP contribution >= 0.6 is 0 Å². The fraction of sp³-hybridized carbons (Fsp3) is 0.381. The number of carbonyl (C=O) groups excluding carboxylic acids is 1. The molecule has 1 N–H and O–H groups in total. The molecule has 29 heavy (non-hydrogen) atoms. The molecule has 0 bridgehead atoms. The van der Waals surface area contributed by atoms with Crippen LogP contribution in [0, 0.1) is 0 Å². The zero-order valence-electron chi connectivity index (χ0n) is 16.8. The van der Waals surface area contributed by atoms with Crippen LogP contribution in [0.15, 0.2) is 59.5 Å². The molecule has 0 fully saturated rings. The average Bonchev–Trinajstić information content (AvgIpc) is 2.74. The molecule has 0 radical (unpaired) electrons. The summed E-state index contributed by atoms with van der Waals surface area (Å²) in [6, 6.07) is 15.9. The van der Waals surface area contributed by atoms with Gasteiger partial charge in [-0.15, -0.1) is 0 Å². The lowest BCUT2D eigenvalue weighted by Crippen LogP contribution is -2.30. The molecule has 0 atom stereocenters. The van der Waals surface area contributed by atoms with Gasteiger partial charge in [-0.1, -0.05) is 44.2 Å². The van der Waals surface area contributed by atoms with Crippen molar-refractivity contribution in [1.29, 1.82) is 0 Å². The van der Waals surface area contributed by atoms with Crippen molar-refractivity contribution in [3.63, 3.8) is 0 Å². The minimum atomic E-state index is -3.47. The number of hydrogen-bond acceptors (Lipinski definition) is 5. The highest BCUT2D eigenvalue weighted by Gasteiger charge is 2.21. The van der Waals surface area contributed by atoms with E-state index in [4.69, 9.17) is 9.47 Å². The van der Waals surface area contributed by atoms with Crippen LogP contribution in [0.3, 0.4) is 0 Å².